The SMILES string of the molecule is CCOC(=O)Cn1c(=O)n(-c2cccc(OC)c2)c2nc(-c3cc(OC)cc(OC)c3)nc(C(N)=O)c21. The zero-order chi connectivity index (χ0) is 26.7. The lowest BCUT2D eigenvalue weighted by atomic mass is 10.1. The van der Waals surface area contributed by atoms with E-state index in [1.807, 2.05) is 0 Å². The fourth-order valence-corrected chi connectivity index (χ4v) is 3.86. The van der Waals surface area contributed by atoms with Crippen LogP contribution in [0.5, 0.6) is 17.2 Å². The zero-order valence-electron chi connectivity index (χ0n) is 20.7. The second-order valence-corrected chi connectivity index (χ2v) is 7.74. The maximum absolute atomic E-state index is 13.7. The summed E-state index contributed by atoms with van der Waals surface area (Å²) in [6, 6.07) is 11.7. The Morgan fingerprint density at radius 1 is 0.946 bits per heavy atom. The van der Waals surface area contributed by atoms with E-state index in [0.29, 0.717) is 28.5 Å². The average Bonchev–Trinajstić information content (AvgIpc) is 3.18. The number of methoxy groups -OCH3 is 3. The predicted octanol–water partition coefficient (Wildman–Crippen LogP) is 1.94. The van der Waals surface area contributed by atoms with Crippen molar-refractivity contribution in [3.05, 3.63) is 58.6 Å². The maximum Gasteiger partial charge on any atom is 0.335 e. The molecule has 37 heavy (non-hydrogen) atoms. The summed E-state index contributed by atoms with van der Waals surface area (Å²) in [7, 11) is 4.48. The Labute approximate surface area is 211 Å². The van der Waals surface area contributed by atoms with Gasteiger partial charge in [-0.15, -0.1) is 0 Å². The van der Waals surface area contributed by atoms with Gasteiger partial charge in [0, 0.05) is 17.7 Å². The quantitative estimate of drug-likeness (QED) is 0.335. The number of nitrogens with zero attached hydrogens (tertiary/aromatic N) is 4. The topological polar surface area (TPSA) is 150 Å². The van der Waals surface area contributed by atoms with E-state index in [9.17, 15) is 14.4 Å². The lowest BCUT2D eigenvalue weighted by molar-refractivity contribution is -0.143. The van der Waals surface area contributed by atoms with Gasteiger partial charge in [-0.3, -0.25) is 14.2 Å². The maximum atomic E-state index is 13.7. The van der Waals surface area contributed by atoms with Gasteiger partial charge >= 0.3 is 11.7 Å². The van der Waals surface area contributed by atoms with Gasteiger partial charge in [-0.05, 0) is 31.2 Å². The van der Waals surface area contributed by atoms with Gasteiger partial charge in [0.25, 0.3) is 5.91 Å². The highest BCUT2D eigenvalue weighted by Crippen LogP contribution is 2.30. The van der Waals surface area contributed by atoms with E-state index in [2.05, 4.69) is 9.97 Å². The second-order valence-electron chi connectivity index (χ2n) is 7.74. The molecule has 0 radical (unpaired) electrons. The van der Waals surface area contributed by atoms with E-state index >= 15 is 0 Å². The number of rotatable bonds is 9. The molecular weight excluding hydrogens is 482 g/mol. The van der Waals surface area contributed by atoms with Crippen LogP contribution in [0.1, 0.15) is 17.4 Å². The van der Waals surface area contributed by atoms with Crippen molar-refractivity contribution in [2.24, 2.45) is 5.73 Å². The number of fused-ring (bicyclic) bond motifs is 1. The minimum Gasteiger partial charge on any atom is -0.497 e. The molecule has 12 heteroatoms. The van der Waals surface area contributed by atoms with E-state index in [1.54, 1.807) is 49.4 Å². The highest BCUT2D eigenvalue weighted by molar-refractivity contribution is 6.02. The molecule has 192 valence electrons. The van der Waals surface area contributed by atoms with Crippen molar-refractivity contribution >= 4 is 23.0 Å². The number of aromatic nitrogens is 4. The molecule has 4 rings (SSSR count). The lowest BCUT2D eigenvalue weighted by Crippen LogP contribution is -2.28. The molecule has 0 fully saturated rings. The molecule has 12 nitrogen and oxygen atoms in total. The number of ether oxygens (including phenoxy) is 4. The molecule has 0 bridgehead atoms. The molecule has 0 unspecified atom stereocenters. The van der Waals surface area contributed by atoms with E-state index in [1.165, 1.54) is 25.9 Å². The molecule has 2 aromatic heterocycles. The normalized spacial score (nSPS) is 10.8. The molecule has 0 aliphatic carbocycles. The van der Waals surface area contributed by atoms with Gasteiger partial charge < -0.3 is 24.7 Å². The summed E-state index contributed by atoms with van der Waals surface area (Å²) in [5.41, 5.74) is 5.70. The number of imidazole rings is 1. The number of hydrogen-bond donors (Lipinski definition) is 1. The molecule has 1 amide bonds. The molecule has 0 atom stereocenters. The van der Waals surface area contributed by atoms with Crippen molar-refractivity contribution in [1.29, 1.82) is 0 Å². The summed E-state index contributed by atoms with van der Waals surface area (Å²) in [4.78, 5) is 47.6. The van der Waals surface area contributed by atoms with Gasteiger partial charge in [0.05, 0.1) is 33.6 Å². The standard InChI is InChI=1S/C25H25N5O7/c1-5-37-19(31)13-29-21-20(22(26)32)27-23(14-9-17(35-3)12-18(10-14)36-4)28-24(21)30(25(29)33)15-7-6-8-16(11-15)34-2/h6-12H,5,13H2,1-4H3,(H2,26,32). The van der Waals surface area contributed by atoms with Gasteiger partial charge in [-0.25, -0.2) is 19.3 Å². The Bertz CT molecular complexity index is 1540. The van der Waals surface area contributed by atoms with Crippen LogP contribution >= 0.6 is 0 Å². The highest BCUT2D eigenvalue weighted by atomic mass is 16.5. The second kappa shape index (κ2) is 10.4. The number of esters is 1. The lowest BCUT2D eigenvalue weighted by Gasteiger charge is -2.10. The number of amides is 1. The van der Waals surface area contributed by atoms with Crippen molar-refractivity contribution in [2.45, 2.75) is 13.5 Å². The monoisotopic (exact) mass is 507 g/mol. The first kappa shape index (κ1) is 25.2. The number of carbonyl (C=O) groups is 2. The van der Waals surface area contributed by atoms with Crippen molar-refractivity contribution in [1.82, 2.24) is 19.1 Å². The minimum absolute atomic E-state index is 0.00742. The molecule has 2 N–H and O–H groups in total. The molecule has 4 aromatic rings. The first-order valence-electron chi connectivity index (χ1n) is 11.2. The van der Waals surface area contributed by atoms with Gasteiger partial charge in [0.1, 0.15) is 29.3 Å². The number of benzene rings is 2. The Morgan fingerprint density at radius 3 is 2.22 bits per heavy atom. The Balaban J connectivity index is 2.10. The van der Waals surface area contributed by atoms with Crippen LogP contribution < -0.4 is 25.6 Å². The van der Waals surface area contributed by atoms with Crippen LogP contribution in [0.15, 0.2) is 47.3 Å². The van der Waals surface area contributed by atoms with Crippen LogP contribution in [0.25, 0.3) is 28.2 Å². The van der Waals surface area contributed by atoms with Crippen molar-refractivity contribution in [3.63, 3.8) is 0 Å². The Morgan fingerprint density at radius 2 is 1.62 bits per heavy atom. The minimum atomic E-state index is -0.913. The fourth-order valence-electron chi connectivity index (χ4n) is 3.86. The molecule has 0 saturated carbocycles. The summed E-state index contributed by atoms with van der Waals surface area (Å²) in [6.45, 7) is 1.28. The highest BCUT2D eigenvalue weighted by Gasteiger charge is 2.26. The van der Waals surface area contributed by atoms with Gasteiger partial charge in [-0.2, -0.15) is 0 Å². The fraction of sp³-hybridized carbons (Fsp3) is 0.240. The van der Waals surface area contributed by atoms with E-state index in [4.69, 9.17) is 24.7 Å². The molecule has 2 aromatic carbocycles. The summed E-state index contributed by atoms with van der Waals surface area (Å²) in [5.74, 6) is -0.0937. The van der Waals surface area contributed by atoms with Crippen LogP contribution in [0.4, 0.5) is 0 Å². The first-order valence-corrected chi connectivity index (χ1v) is 11.2. The van der Waals surface area contributed by atoms with Crippen molar-refractivity contribution in [2.75, 3.05) is 27.9 Å². The van der Waals surface area contributed by atoms with Gasteiger partial charge in [0.2, 0.25) is 0 Å². The molecule has 0 aliphatic rings. The van der Waals surface area contributed by atoms with Crippen molar-refractivity contribution < 1.29 is 28.5 Å². The summed E-state index contributed by atoms with van der Waals surface area (Å²) < 4.78 is 23.3. The third-order valence-corrected chi connectivity index (χ3v) is 5.52. The van der Waals surface area contributed by atoms with Crippen LogP contribution in [0, 0.1) is 0 Å². The average molecular weight is 508 g/mol. The molecule has 0 aliphatic heterocycles. The number of hydrogen-bond acceptors (Lipinski definition) is 9. The zero-order valence-corrected chi connectivity index (χ0v) is 20.7. The molecule has 0 spiro atoms. The van der Waals surface area contributed by atoms with Crippen molar-refractivity contribution in [3.8, 4) is 34.3 Å². The molecule has 2 heterocycles. The van der Waals surface area contributed by atoms with Gasteiger partial charge in [0.15, 0.2) is 17.2 Å². The first-order chi connectivity index (χ1) is 17.8. The third kappa shape index (κ3) is 4.81. The van der Waals surface area contributed by atoms with Crippen LogP contribution in [0.2, 0.25) is 0 Å². The van der Waals surface area contributed by atoms with E-state index < -0.39 is 24.1 Å². The third-order valence-electron chi connectivity index (χ3n) is 5.52. The van der Waals surface area contributed by atoms with E-state index in [-0.39, 0.29) is 29.3 Å². The molecule has 0 saturated heterocycles. The van der Waals surface area contributed by atoms with E-state index in [0.717, 1.165) is 4.57 Å². The smallest absolute Gasteiger partial charge is 0.335 e. The summed E-state index contributed by atoms with van der Waals surface area (Å²) in [5, 5.41) is 0. The summed E-state index contributed by atoms with van der Waals surface area (Å²) in [6.07, 6.45) is 0. The Hall–Kier alpha value is -4.87. The largest absolute Gasteiger partial charge is 0.497 e. The number of primary amides is 1. The van der Waals surface area contributed by atoms with Crippen LogP contribution in [-0.4, -0.2) is 58.9 Å². The van der Waals surface area contributed by atoms with Crippen LogP contribution in [0.3, 0.4) is 0 Å². The van der Waals surface area contributed by atoms with Crippen LogP contribution in [-0.2, 0) is 16.1 Å². The molecular formula is C25H25N5O7. The number of nitrogens with two attached hydrogens (primary N) is 1. The van der Waals surface area contributed by atoms with Gasteiger partial charge in [-0.1, -0.05) is 6.07 Å². The summed E-state index contributed by atoms with van der Waals surface area (Å²) >= 11 is 0. The Kier molecular flexibility index (Phi) is 7.09. The number of carbonyl (C=O) groups excluding carboxylic acids is 2. The predicted molar refractivity (Wildman–Crippen MR) is 133 cm³/mol.